The van der Waals surface area contributed by atoms with E-state index in [0.717, 1.165) is 5.56 Å². The third-order valence-corrected chi connectivity index (χ3v) is 3.73. The van der Waals surface area contributed by atoms with E-state index in [0.29, 0.717) is 0 Å². The van der Waals surface area contributed by atoms with E-state index in [-0.39, 0.29) is 35.6 Å². The standard InChI is InChI=1S/C19H20F2N2O4/c1-12(13-6-4-3-5-7-13)23-17(24)11-22-18(25)14-8-9-15(27-19(20)21)16(10-14)26-2/h3-10,12,19H,11H2,1-2H3,(H,22,25)(H,23,24)/t12-/m1/s1. The van der Waals surface area contributed by atoms with E-state index in [1.165, 1.54) is 25.3 Å². The Morgan fingerprint density at radius 2 is 1.78 bits per heavy atom. The van der Waals surface area contributed by atoms with Crippen molar-refractivity contribution in [1.82, 2.24) is 10.6 Å². The number of carbonyl (C=O) groups excluding carboxylic acids is 2. The Hall–Kier alpha value is -3.16. The molecule has 0 spiro atoms. The summed E-state index contributed by atoms with van der Waals surface area (Å²) in [5.41, 5.74) is 1.09. The van der Waals surface area contributed by atoms with Crippen molar-refractivity contribution in [2.24, 2.45) is 0 Å². The Bertz CT molecular complexity index is 785. The molecule has 0 bridgehead atoms. The third-order valence-electron chi connectivity index (χ3n) is 3.73. The maximum absolute atomic E-state index is 12.3. The van der Waals surface area contributed by atoms with Gasteiger partial charge in [0.25, 0.3) is 5.91 Å². The first-order valence-corrected chi connectivity index (χ1v) is 8.16. The first kappa shape index (κ1) is 20.2. The van der Waals surface area contributed by atoms with Gasteiger partial charge in [0.2, 0.25) is 5.91 Å². The van der Waals surface area contributed by atoms with Crippen molar-refractivity contribution in [3.63, 3.8) is 0 Å². The van der Waals surface area contributed by atoms with Gasteiger partial charge >= 0.3 is 6.61 Å². The molecule has 2 aromatic carbocycles. The molecule has 2 aromatic rings. The van der Waals surface area contributed by atoms with E-state index in [9.17, 15) is 18.4 Å². The molecule has 144 valence electrons. The molecule has 6 nitrogen and oxygen atoms in total. The summed E-state index contributed by atoms with van der Waals surface area (Å²) >= 11 is 0. The molecule has 0 aliphatic carbocycles. The number of halogens is 2. The molecule has 0 unspecified atom stereocenters. The van der Waals surface area contributed by atoms with Crippen LogP contribution in [0.15, 0.2) is 48.5 Å². The van der Waals surface area contributed by atoms with Crippen LogP contribution in [-0.4, -0.2) is 32.1 Å². The fraction of sp³-hybridized carbons (Fsp3) is 0.263. The largest absolute Gasteiger partial charge is 0.493 e. The summed E-state index contributed by atoms with van der Waals surface area (Å²) in [6.45, 7) is -1.40. The minimum absolute atomic E-state index is 0.00917. The first-order valence-electron chi connectivity index (χ1n) is 8.16. The molecule has 0 aliphatic rings. The first-order chi connectivity index (χ1) is 12.9. The second-order valence-corrected chi connectivity index (χ2v) is 5.63. The van der Waals surface area contributed by atoms with Gasteiger partial charge in [0.1, 0.15) is 0 Å². The molecular weight excluding hydrogens is 358 g/mol. The minimum atomic E-state index is -3.01. The summed E-state index contributed by atoms with van der Waals surface area (Å²) in [6.07, 6.45) is 0. The smallest absolute Gasteiger partial charge is 0.387 e. The normalized spacial score (nSPS) is 11.6. The number of hydrogen-bond acceptors (Lipinski definition) is 4. The van der Waals surface area contributed by atoms with Gasteiger partial charge in [-0.1, -0.05) is 30.3 Å². The molecule has 2 amide bonds. The molecule has 27 heavy (non-hydrogen) atoms. The van der Waals surface area contributed by atoms with Gasteiger partial charge < -0.3 is 20.1 Å². The van der Waals surface area contributed by atoms with Crippen LogP contribution in [-0.2, 0) is 4.79 Å². The van der Waals surface area contributed by atoms with E-state index in [4.69, 9.17) is 4.74 Å². The van der Waals surface area contributed by atoms with Crippen LogP contribution in [0, 0.1) is 0 Å². The molecule has 0 aromatic heterocycles. The van der Waals surface area contributed by atoms with E-state index in [2.05, 4.69) is 15.4 Å². The predicted octanol–water partition coefficient (Wildman–Crippen LogP) is 2.90. The Morgan fingerprint density at radius 3 is 2.41 bits per heavy atom. The number of methoxy groups -OCH3 is 1. The quantitative estimate of drug-likeness (QED) is 0.741. The molecule has 0 aliphatic heterocycles. The maximum Gasteiger partial charge on any atom is 0.387 e. The Morgan fingerprint density at radius 1 is 1.07 bits per heavy atom. The summed E-state index contributed by atoms with van der Waals surface area (Å²) in [4.78, 5) is 24.2. The molecule has 1 atom stereocenters. The highest BCUT2D eigenvalue weighted by molar-refractivity contribution is 5.97. The van der Waals surface area contributed by atoms with Crippen LogP contribution in [0.4, 0.5) is 8.78 Å². The summed E-state index contributed by atoms with van der Waals surface area (Å²) in [5.74, 6) is -1.09. The highest BCUT2D eigenvalue weighted by Gasteiger charge is 2.15. The molecule has 2 rings (SSSR count). The summed E-state index contributed by atoms with van der Waals surface area (Å²) in [6, 6.07) is 13.0. The number of alkyl halides is 2. The average molecular weight is 378 g/mol. The lowest BCUT2D eigenvalue weighted by atomic mass is 10.1. The van der Waals surface area contributed by atoms with E-state index in [1.54, 1.807) is 0 Å². The Labute approximate surface area is 155 Å². The molecule has 0 saturated heterocycles. The molecule has 0 heterocycles. The zero-order valence-corrected chi connectivity index (χ0v) is 14.9. The Kier molecular flexibility index (Phi) is 7.10. The van der Waals surface area contributed by atoms with Crippen molar-refractivity contribution in [2.75, 3.05) is 13.7 Å². The van der Waals surface area contributed by atoms with Gasteiger partial charge in [-0.2, -0.15) is 8.78 Å². The lowest BCUT2D eigenvalue weighted by molar-refractivity contribution is -0.120. The number of ether oxygens (including phenoxy) is 2. The van der Waals surface area contributed by atoms with Gasteiger partial charge in [0.15, 0.2) is 11.5 Å². The number of amides is 2. The van der Waals surface area contributed by atoms with Crippen LogP contribution in [0.1, 0.15) is 28.9 Å². The molecule has 2 N–H and O–H groups in total. The molecule has 0 radical (unpaired) electrons. The number of rotatable bonds is 8. The van der Waals surface area contributed by atoms with Crippen LogP contribution >= 0.6 is 0 Å². The number of benzene rings is 2. The van der Waals surface area contributed by atoms with Crippen molar-refractivity contribution >= 4 is 11.8 Å². The highest BCUT2D eigenvalue weighted by atomic mass is 19.3. The number of hydrogen-bond donors (Lipinski definition) is 2. The maximum atomic E-state index is 12.3. The second-order valence-electron chi connectivity index (χ2n) is 5.63. The van der Waals surface area contributed by atoms with Gasteiger partial charge in [-0.3, -0.25) is 9.59 Å². The molecular formula is C19H20F2N2O4. The number of carbonyl (C=O) groups is 2. The molecule has 0 fully saturated rings. The van der Waals surface area contributed by atoms with Crippen LogP contribution in [0.3, 0.4) is 0 Å². The highest BCUT2D eigenvalue weighted by Crippen LogP contribution is 2.29. The minimum Gasteiger partial charge on any atom is -0.493 e. The van der Waals surface area contributed by atoms with Gasteiger partial charge in [-0.25, -0.2) is 0 Å². The lowest BCUT2D eigenvalue weighted by Gasteiger charge is -2.15. The van der Waals surface area contributed by atoms with Crippen LogP contribution in [0.2, 0.25) is 0 Å². The van der Waals surface area contributed by atoms with Crippen molar-refractivity contribution in [1.29, 1.82) is 0 Å². The van der Waals surface area contributed by atoms with Crippen LogP contribution < -0.4 is 20.1 Å². The van der Waals surface area contributed by atoms with E-state index in [1.807, 2.05) is 37.3 Å². The van der Waals surface area contributed by atoms with Crippen molar-refractivity contribution < 1.29 is 27.8 Å². The zero-order valence-electron chi connectivity index (χ0n) is 14.9. The summed E-state index contributed by atoms with van der Waals surface area (Å²) in [5, 5.41) is 5.25. The van der Waals surface area contributed by atoms with Crippen molar-refractivity contribution in [3.05, 3.63) is 59.7 Å². The van der Waals surface area contributed by atoms with Crippen LogP contribution in [0.25, 0.3) is 0 Å². The van der Waals surface area contributed by atoms with Gasteiger partial charge in [0, 0.05) is 5.56 Å². The summed E-state index contributed by atoms with van der Waals surface area (Å²) < 4.78 is 33.9. The SMILES string of the molecule is COc1cc(C(=O)NCC(=O)N[C@H](C)c2ccccc2)ccc1OC(F)F. The average Bonchev–Trinajstić information content (AvgIpc) is 2.66. The van der Waals surface area contributed by atoms with Crippen molar-refractivity contribution in [3.8, 4) is 11.5 Å². The molecule has 0 saturated carbocycles. The lowest BCUT2D eigenvalue weighted by Crippen LogP contribution is -2.38. The van der Waals surface area contributed by atoms with Gasteiger partial charge in [-0.15, -0.1) is 0 Å². The van der Waals surface area contributed by atoms with Gasteiger partial charge in [0.05, 0.1) is 19.7 Å². The van der Waals surface area contributed by atoms with Crippen LogP contribution in [0.5, 0.6) is 11.5 Å². The zero-order chi connectivity index (χ0) is 19.8. The molecule has 8 heteroatoms. The van der Waals surface area contributed by atoms with E-state index >= 15 is 0 Å². The topological polar surface area (TPSA) is 76.7 Å². The van der Waals surface area contributed by atoms with E-state index < -0.39 is 12.5 Å². The fourth-order valence-electron chi connectivity index (χ4n) is 2.38. The predicted molar refractivity (Wildman–Crippen MR) is 95.0 cm³/mol. The monoisotopic (exact) mass is 378 g/mol. The summed E-state index contributed by atoms with van der Waals surface area (Å²) in [7, 11) is 1.27. The van der Waals surface area contributed by atoms with Crippen molar-refractivity contribution in [2.45, 2.75) is 19.6 Å². The second kappa shape index (κ2) is 9.51. The fourth-order valence-corrected chi connectivity index (χ4v) is 2.38. The van der Waals surface area contributed by atoms with Gasteiger partial charge in [-0.05, 0) is 30.7 Å². The Balaban J connectivity index is 1.92. The third kappa shape index (κ3) is 5.95. The number of nitrogens with one attached hydrogen (secondary N) is 2.